The molecule has 13 atom stereocenters. The molecule has 218 valence electrons. The van der Waals surface area contributed by atoms with Crippen LogP contribution in [0.5, 0.6) is 0 Å². The average molecular weight is 529 g/mol. The monoisotopic (exact) mass is 528 g/mol. The van der Waals surface area contributed by atoms with Gasteiger partial charge in [-0.05, 0) is 140 Å². The number of rotatable bonds is 4. The van der Waals surface area contributed by atoms with Gasteiger partial charge in [-0.25, -0.2) is 0 Å². The smallest absolute Gasteiger partial charge is 0.108 e. The second kappa shape index (κ2) is 9.19. The molecule has 2 N–H and O–H groups in total. The molecule has 6 rings (SSSR count). The van der Waals surface area contributed by atoms with Gasteiger partial charge in [-0.15, -0.1) is 0 Å². The predicted molar refractivity (Wildman–Crippen MR) is 155 cm³/mol. The zero-order valence-corrected chi connectivity index (χ0v) is 25.9. The van der Waals surface area contributed by atoms with Gasteiger partial charge in [0, 0.05) is 0 Å². The van der Waals surface area contributed by atoms with Crippen LogP contribution in [0.4, 0.5) is 0 Å². The number of ether oxygens (including phenoxy) is 1. The zero-order valence-electron chi connectivity index (χ0n) is 25.9. The van der Waals surface area contributed by atoms with Crippen LogP contribution < -0.4 is 0 Å². The normalized spacial score (nSPS) is 56.4. The summed E-state index contributed by atoms with van der Waals surface area (Å²) in [5.74, 6) is 5.03. The highest BCUT2D eigenvalue weighted by molar-refractivity contribution is 5.19. The number of fused-ring (bicyclic) bond motifs is 7. The molecule has 1 heterocycles. The van der Waals surface area contributed by atoms with E-state index in [1.807, 2.05) is 0 Å². The first kappa shape index (κ1) is 28.0. The van der Waals surface area contributed by atoms with Gasteiger partial charge in [-0.1, -0.05) is 54.9 Å². The summed E-state index contributed by atoms with van der Waals surface area (Å²) >= 11 is 0. The third-order valence-corrected chi connectivity index (χ3v) is 15.7. The summed E-state index contributed by atoms with van der Waals surface area (Å²) in [7, 11) is 0. The van der Waals surface area contributed by atoms with Crippen molar-refractivity contribution in [3.05, 3.63) is 0 Å². The average Bonchev–Trinajstić information content (AvgIpc) is 3.36. The van der Waals surface area contributed by atoms with Gasteiger partial charge in [-0.2, -0.15) is 0 Å². The van der Waals surface area contributed by atoms with Gasteiger partial charge in [0.2, 0.25) is 0 Å². The Morgan fingerprint density at radius 1 is 0.737 bits per heavy atom. The molecule has 1 saturated heterocycles. The largest absolute Gasteiger partial charge is 0.388 e. The number of aliphatic hydroxyl groups excluding tert-OH is 2. The molecule has 0 aromatic carbocycles. The Labute approximate surface area is 234 Å². The Hall–Kier alpha value is -0.120. The van der Waals surface area contributed by atoms with E-state index in [-0.39, 0.29) is 6.10 Å². The van der Waals surface area contributed by atoms with Crippen molar-refractivity contribution in [1.82, 2.24) is 0 Å². The summed E-state index contributed by atoms with van der Waals surface area (Å²) in [4.78, 5) is 0. The second-order valence-electron chi connectivity index (χ2n) is 17.3. The summed E-state index contributed by atoms with van der Waals surface area (Å²) in [6, 6.07) is 0. The molecule has 5 saturated carbocycles. The molecule has 3 nitrogen and oxygen atoms in total. The van der Waals surface area contributed by atoms with Gasteiger partial charge >= 0.3 is 0 Å². The van der Waals surface area contributed by atoms with Crippen molar-refractivity contribution in [2.24, 2.45) is 62.6 Å². The van der Waals surface area contributed by atoms with E-state index in [1.54, 1.807) is 0 Å². The van der Waals surface area contributed by atoms with E-state index in [4.69, 9.17) is 4.74 Å². The molecule has 6 unspecified atom stereocenters. The Kier molecular flexibility index (Phi) is 6.78. The van der Waals surface area contributed by atoms with Crippen LogP contribution in [0.3, 0.4) is 0 Å². The molecule has 38 heavy (non-hydrogen) atoms. The fraction of sp³-hybridized carbons (Fsp3) is 1.00. The number of aliphatic hydroxyl groups is 2. The van der Waals surface area contributed by atoms with Crippen molar-refractivity contribution < 1.29 is 14.9 Å². The molecule has 6 fully saturated rings. The number of hydrogen-bond donors (Lipinski definition) is 2. The van der Waals surface area contributed by atoms with Crippen molar-refractivity contribution in [1.29, 1.82) is 0 Å². The Morgan fingerprint density at radius 3 is 2.05 bits per heavy atom. The minimum absolute atomic E-state index is 0.175. The molecule has 0 bridgehead atoms. The highest BCUT2D eigenvalue weighted by Crippen LogP contribution is 2.78. The van der Waals surface area contributed by atoms with Gasteiger partial charge in [0.15, 0.2) is 0 Å². The quantitative estimate of drug-likeness (QED) is 0.388. The Bertz CT molecular complexity index is 900. The van der Waals surface area contributed by atoms with Gasteiger partial charge in [-0.3, -0.25) is 0 Å². The van der Waals surface area contributed by atoms with Crippen LogP contribution >= 0.6 is 0 Å². The molecular formula is C35H60O3. The van der Waals surface area contributed by atoms with Gasteiger partial charge in [0.1, 0.15) is 12.2 Å². The highest BCUT2D eigenvalue weighted by atomic mass is 16.5. The molecule has 6 aliphatic rings. The maximum Gasteiger partial charge on any atom is 0.108 e. The van der Waals surface area contributed by atoms with E-state index in [1.165, 1.54) is 70.6 Å². The molecule has 1 aliphatic heterocycles. The Balaban J connectivity index is 1.21. The summed E-state index contributed by atoms with van der Waals surface area (Å²) in [6.07, 6.45) is 16.3. The van der Waals surface area contributed by atoms with Gasteiger partial charge in [0.05, 0.1) is 12.7 Å². The van der Waals surface area contributed by atoms with E-state index < -0.39 is 12.2 Å². The first-order valence-electron chi connectivity index (χ1n) is 16.8. The van der Waals surface area contributed by atoms with E-state index in [2.05, 4.69) is 48.5 Å². The minimum atomic E-state index is -0.700. The molecule has 0 aromatic rings. The van der Waals surface area contributed by atoms with Crippen molar-refractivity contribution in [3.63, 3.8) is 0 Å². The molecule has 5 aliphatic carbocycles. The molecule has 0 spiro atoms. The van der Waals surface area contributed by atoms with E-state index in [9.17, 15) is 10.2 Å². The van der Waals surface area contributed by atoms with E-state index in [0.717, 1.165) is 42.4 Å². The SMILES string of the molecule is C[C@@H](CCC1OC[C@H](O)[C@@H]1O)C1CC[C@@]2(C)C1CC[C@]1(C)C2CCC2[C@@]3(C)CCCC(C)(C)C3CC[C@]21C. The lowest BCUT2D eigenvalue weighted by atomic mass is 9.32. The van der Waals surface area contributed by atoms with Crippen molar-refractivity contribution >= 4 is 0 Å². The lowest BCUT2D eigenvalue weighted by Gasteiger charge is -2.73. The number of hydrogen-bond acceptors (Lipinski definition) is 3. The maximum absolute atomic E-state index is 10.3. The summed E-state index contributed by atoms with van der Waals surface area (Å²) in [5.41, 5.74) is 2.51. The third-order valence-electron chi connectivity index (χ3n) is 15.7. The third kappa shape index (κ3) is 3.75. The fourth-order valence-corrected chi connectivity index (χ4v) is 13.6. The summed E-state index contributed by atoms with van der Waals surface area (Å²) < 4.78 is 5.72. The first-order valence-corrected chi connectivity index (χ1v) is 16.8. The minimum Gasteiger partial charge on any atom is -0.388 e. The summed E-state index contributed by atoms with van der Waals surface area (Å²) in [5, 5.41) is 20.2. The molecule has 0 amide bonds. The Morgan fingerprint density at radius 2 is 1.39 bits per heavy atom. The van der Waals surface area contributed by atoms with Crippen LogP contribution in [0.1, 0.15) is 132 Å². The highest BCUT2D eigenvalue weighted by Gasteiger charge is 2.70. The van der Waals surface area contributed by atoms with Crippen molar-refractivity contribution in [3.8, 4) is 0 Å². The van der Waals surface area contributed by atoms with Crippen LogP contribution in [0, 0.1) is 62.6 Å². The van der Waals surface area contributed by atoms with Crippen LogP contribution in [0.25, 0.3) is 0 Å². The molecule has 0 aromatic heterocycles. The van der Waals surface area contributed by atoms with Crippen LogP contribution in [-0.2, 0) is 4.74 Å². The van der Waals surface area contributed by atoms with Gasteiger partial charge in [0.25, 0.3) is 0 Å². The zero-order chi connectivity index (χ0) is 27.3. The van der Waals surface area contributed by atoms with Crippen LogP contribution in [0.15, 0.2) is 0 Å². The topological polar surface area (TPSA) is 49.7 Å². The van der Waals surface area contributed by atoms with E-state index >= 15 is 0 Å². The second-order valence-corrected chi connectivity index (χ2v) is 17.3. The first-order chi connectivity index (χ1) is 17.8. The summed E-state index contributed by atoms with van der Waals surface area (Å²) in [6.45, 7) is 19.0. The predicted octanol–water partition coefficient (Wildman–Crippen LogP) is 8.01. The van der Waals surface area contributed by atoms with E-state index in [0.29, 0.717) is 39.6 Å². The fourth-order valence-electron chi connectivity index (χ4n) is 13.6. The van der Waals surface area contributed by atoms with Crippen LogP contribution in [0.2, 0.25) is 0 Å². The molecule has 3 heteroatoms. The lowest BCUT2D eigenvalue weighted by molar-refractivity contribution is -0.241. The molecular weight excluding hydrogens is 468 g/mol. The maximum atomic E-state index is 10.3. The lowest BCUT2D eigenvalue weighted by Crippen LogP contribution is -2.65. The van der Waals surface area contributed by atoms with Gasteiger partial charge < -0.3 is 14.9 Å². The van der Waals surface area contributed by atoms with Crippen molar-refractivity contribution in [2.75, 3.05) is 6.61 Å². The van der Waals surface area contributed by atoms with Crippen molar-refractivity contribution in [2.45, 2.75) is 150 Å². The molecule has 0 radical (unpaired) electrons. The van der Waals surface area contributed by atoms with Crippen LogP contribution in [-0.4, -0.2) is 35.1 Å². The standard InChI is InChI=1S/C35H60O3/c1-22(9-10-26-30(37)25(36)21-38-26)23-13-18-32(4)24(23)14-19-34(6)28(32)11-12-29-33(5)17-8-16-31(2,3)27(33)15-20-35(29,34)7/h22-30,36-37H,8-21H2,1-7H3/t22-,23?,24?,25-,26?,27?,28?,29?,30-,32-,33-,34+,35+/m0/s1.